The third-order valence-electron chi connectivity index (χ3n) is 3.12. The number of nitro benzene ring substituents is 1. The summed E-state index contributed by atoms with van der Waals surface area (Å²) in [6.07, 6.45) is 1.49. The molecule has 1 N–H and O–H groups in total. The Hall–Kier alpha value is -1.48. The van der Waals surface area contributed by atoms with Crippen LogP contribution >= 0.6 is 61.1 Å². The van der Waals surface area contributed by atoms with Crippen molar-refractivity contribution in [3.8, 4) is 11.5 Å². The highest BCUT2D eigenvalue weighted by atomic mass is 127. The number of non-ortho nitro benzene ring substituents is 1. The van der Waals surface area contributed by atoms with E-state index in [1.54, 1.807) is 7.11 Å². The lowest BCUT2D eigenvalue weighted by Crippen LogP contribution is -2.24. The lowest BCUT2D eigenvalue weighted by atomic mass is 10.2. The van der Waals surface area contributed by atoms with Crippen LogP contribution in [0.2, 0.25) is 0 Å². The highest BCUT2D eigenvalue weighted by Gasteiger charge is 2.11. The molecule has 0 unspecified atom stereocenters. The third-order valence-corrected chi connectivity index (χ3v) is 5.16. The Balaban J connectivity index is 1.95. The first-order valence-electron chi connectivity index (χ1n) is 7.23. The Bertz CT molecular complexity index is 908. The first kappa shape index (κ1) is 21.8. The molecule has 0 saturated heterocycles. The molecular formula is C16H12BrI2N3O5. The van der Waals surface area contributed by atoms with Crippen LogP contribution in [0.1, 0.15) is 5.56 Å². The van der Waals surface area contributed by atoms with Crippen molar-refractivity contribution in [2.45, 2.75) is 0 Å². The van der Waals surface area contributed by atoms with Crippen molar-refractivity contribution in [2.24, 2.45) is 5.10 Å². The minimum Gasteiger partial charge on any atom is -0.495 e. The maximum atomic E-state index is 11.9. The fourth-order valence-corrected chi connectivity index (χ4v) is 4.55. The van der Waals surface area contributed by atoms with Gasteiger partial charge in [0.15, 0.2) is 6.61 Å². The summed E-state index contributed by atoms with van der Waals surface area (Å²) < 4.78 is 13.0. The van der Waals surface area contributed by atoms with Gasteiger partial charge >= 0.3 is 0 Å². The van der Waals surface area contributed by atoms with E-state index in [0.717, 1.165) is 12.7 Å². The second kappa shape index (κ2) is 10.2. The molecule has 0 bridgehead atoms. The summed E-state index contributed by atoms with van der Waals surface area (Å²) in [7, 11) is 1.57. The van der Waals surface area contributed by atoms with Crippen molar-refractivity contribution in [1.29, 1.82) is 0 Å². The van der Waals surface area contributed by atoms with Gasteiger partial charge in [-0.15, -0.1) is 0 Å². The number of carbonyl (C=O) groups is 1. The van der Waals surface area contributed by atoms with Gasteiger partial charge in [0.1, 0.15) is 11.5 Å². The molecule has 0 heterocycles. The van der Waals surface area contributed by atoms with Crippen LogP contribution in [-0.4, -0.2) is 30.8 Å². The minimum atomic E-state index is -0.518. The lowest BCUT2D eigenvalue weighted by Gasteiger charge is -2.08. The van der Waals surface area contributed by atoms with Crippen LogP contribution < -0.4 is 14.9 Å². The van der Waals surface area contributed by atoms with Gasteiger partial charge in [-0.25, -0.2) is 5.43 Å². The number of rotatable bonds is 7. The fourth-order valence-electron chi connectivity index (χ4n) is 1.96. The summed E-state index contributed by atoms with van der Waals surface area (Å²) in [6, 6.07) is 7.85. The average molecular weight is 660 g/mol. The highest BCUT2D eigenvalue weighted by molar-refractivity contribution is 14.1. The summed E-state index contributed by atoms with van der Waals surface area (Å²) in [5, 5.41) is 14.6. The van der Waals surface area contributed by atoms with Crippen LogP contribution in [0.3, 0.4) is 0 Å². The van der Waals surface area contributed by atoms with E-state index in [4.69, 9.17) is 9.47 Å². The van der Waals surface area contributed by atoms with E-state index in [0.29, 0.717) is 16.0 Å². The van der Waals surface area contributed by atoms with E-state index in [9.17, 15) is 14.9 Å². The number of halogens is 3. The van der Waals surface area contributed by atoms with Crippen LogP contribution in [0.4, 0.5) is 5.69 Å². The van der Waals surface area contributed by atoms with Crippen LogP contribution in [0.5, 0.6) is 11.5 Å². The van der Waals surface area contributed by atoms with E-state index < -0.39 is 10.8 Å². The Morgan fingerprint density at radius 1 is 1.37 bits per heavy atom. The molecule has 27 heavy (non-hydrogen) atoms. The topological polar surface area (TPSA) is 103 Å². The molecule has 0 spiro atoms. The van der Waals surface area contributed by atoms with Gasteiger partial charge in [-0.2, -0.15) is 5.10 Å². The summed E-state index contributed by atoms with van der Waals surface area (Å²) in [6.45, 7) is -0.297. The Kier molecular flexibility index (Phi) is 8.22. The average Bonchev–Trinajstić information content (AvgIpc) is 2.60. The number of hydrogen-bond donors (Lipinski definition) is 1. The maximum absolute atomic E-state index is 11.9. The molecule has 0 aliphatic heterocycles. The molecule has 0 aliphatic carbocycles. The molecule has 0 atom stereocenters. The van der Waals surface area contributed by atoms with E-state index in [1.807, 2.05) is 12.1 Å². The van der Waals surface area contributed by atoms with E-state index in [-0.39, 0.29) is 12.3 Å². The number of carbonyl (C=O) groups excluding carboxylic acids is 1. The molecule has 0 saturated carbocycles. The number of ether oxygens (including phenoxy) is 2. The largest absolute Gasteiger partial charge is 0.495 e. The lowest BCUT2D eigenvalue weighted by molar-refractivity contribution is -0.384. The van der Waals surface area contributed by atoms with Crippen molar-refractivity contribution in [3.63, 3.8) is 0 Å². The summed E-state index contributed by atoms with van der Waals surface area (Å²) in [4.78, 5) is 22.1. The standard InChI is InChI=1S/C16H12BrI2N3O5/c1-26-16-9(4-10(18)5-13(16)19)7-20-21-15(23)8-27-14-3-2-11(22(24)25)6-12(14)17/h2-7H,8H2,1H3,(H,21,23). The zero-order chi connectivity index (χ0) is 20.0. The van der Waals surface area contributed by atoms with Crippen molar-refractivity contribution >= 4 is 78.9 Å². The first-order valence-corrected chi connectivity index (χ1v) is 10.2. The van der Waals surface area contributed by atoms with Crippen molar-refractivity contribution in [3.05, 3.63) is 57.6 Å². The van der Waals surface area contributed by atoms with Crippen LogP contribution in [0.25, 0.3) is 0 Å². The normalized spacial score (nSPS) is 10.7. The van der Waals surface area contributed by atoms with E-state index >= 15 is 0 Å². The molecule has 0 fully saturated rings. The summed E-state index contributed by atoms with van der Waals surface area (Å²) >= 11 is 7.51. The molecule has 2 aromatic carbocycles. The van der Waals surface area contributed by atoms with Crippen LogP contribution in [0.15, 0.2) is 39.9 Å². The molecule has 0 aromatic heterocycles. The molecular weight excluding hydrogens is 648 g/mol. The Morgan fingerprint density at radius 3 is 2.74 bits per heavy atom. The predicted octanol–water partition coefficient (Wildman–Crippen LogP) is 4.10. The number of methoxy groups -OCH3 is 1. The van der Waals surface area contributed by atoms with Gasteiger partial charge in [0.25, 0.3) is 11.6 Å². The molecule has 8 nitrogen and oxygen atoms in total. The van der Waals surface area contributed by atoms with E-state index in [2.05, 4.69) is 71.6 Å². The number of hydrazone groups is 1. The molecule has 2 aromatic rings. The Labute approximate surface area is 190 Å². The number of amides is 1. The van der Waals surface area contributed by atoms with E-state index in [1.165, 1.54) is 24.4 Å². The number of nitro groups is 1. The third kappa shape index (κ3) is 6.27. The number of hydrogen-bond acceptors (Lipinski definition) is 6. The number of benzene rings is 2. The van der Waals surface area contributed by atoms with Crippen molar-refractivity contribution in [1.82, 2.24) is 5.43 Å². The van der Waals surface area contributed by atoms with Gasteiger partial charge in [0.2, 0.25) is 0 Å². The summed E-state index contributed by atoms with van der Waals surface area (Å²) in [5.74, 6) is 0.504. The first-order chi connectivity index (χ1) is 12.8. The molecule has 1 amide bonds. The SMILES string of the molecule is COc1c(I)cc(I)cc1C=NNC(=O)COc1ccc([N+](=O)[O-])cc1Br. The zero-order valence-corrected chi connectivity index (χ0v) is 19.6. The van der Waals surface area contributed by atoms with Gasteiger partial charge in [0.05, 0.1) is 26.3 Å². The van der Waals surface area contributed by atoms with Crippen molar-refractivity contribution in [2.75, 3.05) is 13.7 Å². The molecule has 0 radical (unpaired) electrons. The highest BCUT2D eigenvalue weighted by Crippen LogP contribution is 2.29. The number of nitrogens with one attached hydrogen (secondary N) is 1. The van der Waals surface area contributed by atoms with Crippen molar-refractivity contribution < 1.29 is 19.2 Å². The van der Waals surface area contributed by atoms with Crippen LogP contribution in [-0.2, 0) is 4.79 Å². The molecule has 2 rings (SSSR count). The molecule has 0 aliphatic rings. The van der Waals surface area contributed by atoms with Gasteiger partial charge < -0.3 is 9.47 Å². The number of nitrogens with zero attached hydrogens (tertiary/aromatic N) is 2. The summed E-state index contributed by atoms with van der Waals surface area (Å²) in [5.41, 5.74) is 3.01. The zero-order valence-electron chi connectivity index (χ0n) is 13.7. The van der Waals surface area contributed by atoms with Crippen LogP contribution in [0, 0.1) is 17.3 Å². The van der Waals surface area contributed by atoms with Gasteiger partial charge in [0, 0.05) is 21.3 Å². The maximum Gasteiger partial charge on any atom is 0.277 e. The fraction of sp³-hybridized carbons (Fsp3) is 0.125. The monoisotopic (exact) mass is 659 g/mol. The predicted molar refractivity (Wildman–Crippen MR) is 120 cm³/mol. The van der Waals surface area contributed by atoms with Gasteiger partial charge in [-0.05, 0) is 79.3 Å². The second-order valence-corrected chi connectivity index (χ2v) is 8.23. The molecule has 142 valence electrons. The Morgan fingerprint density at radius 2 is 2.11 bits per heavy atom. The molecule has 11 heteroatoms. The van der Waals surface area contributed by atoms with Gasteiger partial charge in [-0.3, -0.25) is 14.9 Å². The smallest absolute Gasteiger partial charge is 0.277 e. The quantitative estimate of drug-likeness (QED) is 0.209. The van der Waals surface area contributed by atoms with Gasteiger partial charge in [-0.1, -0.05) is 0 Å². The second-order valence-electron chi connectivity index (χ2n) is 4.96. The minimum absolute atomic E-state index is 0.0793.